The Hall–Kier alpha value is -2.23. The molecule has 1 amide bonds. The van der Waals surface area contributed by atoms with Crippen LogP contribution in [0.25, 0.3) is 6.08 Å². The number of carbonyl (C=O) groups is 1. The summed E-state index contributed by atoms with van der Waals surface area (Å²) in [6, 6.07) is 5.73. The number of allylic oxidation sites excluding steroid dienone is 2. The molecule has 4 heteroatoms. The summed E-state index contributed by atoms with van der Waals surface area (Å²) in [5.74, 6) is 1.90. The van der Waals surface area contributed by atoms with Crippen molar-refractivity contribution >= 4 is 12.0 Å². The smallest absolute Gasteiger partial charge is 0.243 e. The molecular weight excluding hydrogens is 254 g/mol. The van der Waals surface area contributed by atoms with Gasteiger partial charge in [-0.05, 0) is 23.6 Å². The zero-order chi connectivity index (χ0) is 14.4. The van der Waals surface area contributed by atoms with Crippen LogP contribution in [0.15, 0.2) is 36.4 Å². The fourth-order valence-corrected chi connectivity index (χ4v) is 1.69. The van der Waals surface area contributed by atoms with E-state index in [0.717, 1.165) is 17.1 Å². The standard InChI is InChI=1S/C16H19NO3/c1-12(2)10-17-16(18)6-4-3-5-13-7-8-14-15(9-13)20-11-19-14/h3-9,12H,10-11H2,1-2H3,(H,17,18)/b5-3-,6-4+. The third-order valence-corrected chi connectivity index (χ3v) is 2.73. The summed E-state index contributed by atoms with van der Waals surface area (Å²) in [7, 11) is 0. The number of rotatable bonds is 5. The van der Waals surface area contributed by atoms with E-state index in [1.165, 1.54) is 6.08 Å². The molecule has 2 rings (SSSR count). The third kappa shape index (κ3) is 4.16. The summed E-state index contributed by atoms with van der Waals surface area (Å²) in [6.07, 6.45) is 6.98. The van der Waals surface area contributed by atoms with Crippen molar-refractivity contribution in [2.24, 2.45) is 5.92 Å². The highest BCUT2D eigenvalue weighted by Gasteiger charge is 2.11. The van der Waals surface area contributed by atoms with E-state index < -0.39 is 0 Å². The van der Waals surface area contributed by atoms with Crippen molar-refractivity contribution in [2.75, 3.05) is 13.3 Å². The molecule has 0 fully saturated rings. The maximum absolute atomic E-state index is 11.4. The summed E-state index contributed by atoms with van der Waals surface area (Å²) in [4.78, 5) is 11.4. The summed E-state index contributed by atoms with van der Waals surface area (Å²) < 4.78 is 10.5. The van der Waals surface area contributed by atoms with Crippen molar-refractivity contribution in [2.45, 2.75) is 13.8 Å². The maximum Gasteiger partial charge on any atom is 0.243 e. The average Bonchev–Trinajstić information content (AvgIpc) is 2.88. The fourth-order valence-electron chi connectivity index (χ4n) is 1.69. The van der Waals surface area contributed by atoms with E-state index in [0.29, 0.717) is 12.5 Å². The molecule has 0 aliphatic carbocycles. The minimum absolute atomic E-state index is 0.0750. The van der Waals surface area contributed by atoms with Gasteiger partial charge in [-0.15, -0.1) is 0 Å². The second kappa shape index (κ2) is 6.80. The van der Waals surface area contributed by atoms with Crippen LogP contribution in [0.2, 0.25) is 0 Å². The molecular formula is C16H19NO3. The van der Waals surface area contributed by atoms with Gasteiger partial charge >= 0.3 is 0 Å². The van der Waals surface area contributed by atoms with Crippen LogP contribution in [0.1, 0.15) is 19.4 Å². The first-order valence-corrected chi connectivity index (χ1v) is 6.67. The molecule has 0 atom stereocenters. The predicted molar refractivity (Wildman–Crippen MR) is 78.6 cm³/mol. The molecule has 1 aromatic carbocycles. The maximum atomic E-state index is 11.4. The van der Waals surface area contributed by atoms with E-state index in [4.69, 9.17) is 9.47 Å². The van der Waals surface area contributed by atoms with Gasteiger partial charge in [-0.3, -0.25) is 4.79 Å². The van der Waals surface area contributed by atoms with Crippen LogP contribution in [-0.4, -0.2) is 19.2 Å². The first kappa shape index (κ1) is 14.2. The van der Waals surface area contributed by atoms with Crippen molar-refractivity contribution in [3.05, 3.63) is 42.0 Å². The normalized spacial score (nSPS) is 13.6. The van der Waals surface area contributed by atoms with Crippen LogP contribution in [0.3, 0.4) is 0 Å². The van der Waals surface area contributed by atoms with Gasteiger partial charge in [0.05, 0.1) is 0 Å². The van der Waals surface area contributed by atoms with Gasteiger partial charge in [0.25, 0.3) is 0 Å². The van der Waals surface area contributed by atoms with E-state index in [1.54, 1.807) is 6.08 Å². The summed E-state index contributed by atoms with van der Waals surface area (Å²) in [5, 5.41) is 2.82. The van der Waals surface area contributed by atoms with Crippen LogP contribution in [0.5, 0.6) is 11.5 Å². The average molecular weight is 273 g/mol. The number of hydrogen-bond donors (Lipinski definition) is 1. The number of hydrogen-bond acceptors (Lipinski definition) is 3. The lowest BCUT2D eigenvalue weighted by atomic mass is 10.2. The Morgan fingerprint density at radius 2 is 2.10 bits per heavy atom. The molecule has 0 unspecified atom stereocenters. The van der Waals surface area contributed by atoms with Crippen molar-refractivity contribution in [1.29, 1.82) is 0 Å². The van der Waals surface area contributed by atoms with E-state index in [1.807, 2.05) is 30.4 Å². The largest absolute Gasteiger partial charge is 0.454 e. The Bertz CT molecular complexity index is 533. The van der Waals surface area contributed by atoms with Crippen molar-refractivity contribution in [1.82, 2.24) is 5.32 Å². The number of nitrogens with one attached hydrogen (secondary N) is 1. The Labute approximate surface area is 119 Å². The van der Waals surface area contributed by atoms with Crippen molar-refractivity contribution < 1.29 is 14.3 Å². The van der Waals surface area contributed by atoms with Gasteiger partial charge in [-0.1, -0.05) is 38.1 Å². The quantitative estimate of drug-likeness (QED) is 0.663. The molecule has 20 heavy (non-hydrogen) atoms. The zero-order valence-electron chi connectivity index (χ0n) is 11.8. The van der Waals surface area contributed by atoms with Gasteiger partial charge < -0.3 is 14.8 Å². The van der Waals surface area contributed by atoms with Crippen LogP contribution >= 0.6 is 0 Å². The Balaban J connectivity index is 1.85. The SMILES string of the molecule is CC(C)CNC(=O)/C=C/C=C\c1ccc2c(c1)OCO2. The summed E-state index contributed by atoms with van der Waals surface area (Å²) in [6.45, 7) is 5.08. The van der Waals surface area contributed by atoms with Gasteiger partial charge in [-0.25, -0.2) is 0 Å². The number of amides is 1. The van der Waals surface area contributed by atoms with E-state index >= 15 is 0 Å². The lowest BCUT2D eigenvalue weighted by molar-refractivity contribution is -0.116. The molecule has 0 saturated heterocycles. The topological polar surface area (TPSA) is 47.6 Å². The first-order chi connectivity index (χ1) is 9.65. The highest BCUT2D eigenvalue weighted by Crippen LogP contribution is 2.32. The second-order valence-electron chi connectivity index (χ2n) is 4.97. The summed E-state index contributed by atoms with van der Waals surface area (Å²) in [5.41, 5.74) is 1.00. The molecule has 4 nitrogen and oxygen atoms in total. The molecule has 0 saturated carbocycles. The van der Waals surface area contributed by atoms with Gasteiger partial charge in [-0.2, -0.15) is 0 Å². The molecule has 1 N–H and O–H groups in total. The molecule has 106 valence electrons. The van der Waals surface area contributed by atoms with Gasteiger partial charge in [0.15, 0.2) is 11.5 Å². The number of benzene rings is 1. The number of carbonyl (C=O) groups excluding carboxylic acids is 1. The fraction of sp³-hybridized carbons (Fsp3) is 0.312. The van der Waals surface area contributed by atoms with Gasteiger partial charge in [0.2, 0.25) is 12.7 Å². The molecule has 0 spiro atoms. The molecule has 1 aromatic rings. The van der Waals surface area contributed by atoms with Crippen molar-refractivity contribution in [3.8, 4) is 11.5 Å². The van der Waals surface area contributed by atoms with Gasteiger partial charge in [0.1, 0.15) is 0 Å². The van der Waals surface area contributed by atoms with E-state index in [9.17, 15) is 4.79 Å². The summed E-state index contributed by atoms with van der Waals surface area (Å²) >= 11 is 0. The Morgan fingerprint density at radius 3 is 2.90 bits per heavy atom. The van der Waals surface area contributed by atoms with E-state index in [2.05, 4.69) is 19.2 Å². The van der Waals surface area contributed by atoms with Crippen molar-refractivity contribution in [3.63, 3.8) is 0 Å². The molecule has 0 radical (unpaired) electrons. The predicted octanol–water partition coefficient (Wildman–Crippen LogP) is 2.76. The zero-order valence-corrected chi connectivity index (χ0v) is 11.8. The van der Waals surface area contributed by atoms with Crippen LogP contribution < -0.4 is 14.8 Å². The minimum Gasteiger partial charge on any atom is -0.454 e. The molecule has 0 aromatic heterocycles. The van der Waals surface area contributed by atoms with Crippen LogP contribution in [0.4, 0.5) is 0 Å². The molecule has 0 bridgehead atoms. The minimum atomic E-state index is -0.0750. The molecule has 1 aliphatic rings. The number of ether oxygens (including phenoxy) is 2. The lowest BCUT2D eigenvalue weighted by Gasteiger charge is -2.03. The van der Waals surface area contributed by atoms with E-state index in [-0.39, 0.29) is 12.7 Å². The monoisotopic (exact) mass is 273 g/mol. The van der Waals surface area contributed by atoms with Gasteiger partial charge in [0, 0.05) is 12.6 Å². The third-order valence-electron chi connectivity index (χ3n) is 2.73. The molecule has 1 aliphatic heterocycles. The molecule has 1 heterocycles. The second-order valence-corrected chi connectivity index (χ2v) is 4.97. The van der Waals surface area contributed by atoms with Crippen LogP contribution in [-0.2, 0) is 4.79 Å². The number of fused-ring (bicyclic) bond motifs is 1. The van der Waals surface area contributed by atoms with Crippen LogP contribution in [0, 0.1) is 5.92 Å². The first-order valence-electron chi connectivity index (χ1n) is 6.67. The lowest BCUT2D eigenvalue weighted by Crippen LogP contribution is -2.25. The highest BCUT2D eigenvalue weighted by atomic mass is 16.7. The Morgan fingerprint density at radius 1 is 1.30 bits per heavy atom. The Kier molecular flexibility index (Phi) is 4.82. The highest BCUT2D eigenvalue weighted by molar-refractivity contribution is 5.87.